The van der Waals surface area contributed by atoms with Crippen LogP contribution in [0.1, 0.15) is 38.1 Å². The van der Waals surface area contributed by atoms with Gasteiger partial charge in [0.2, 0.25) is 10.2 Å². The predicted octanol–water partition coefficient (Wildman–Crippen LogP) is 3.06. The van der Waals surface area contributed by atoms with Crippen molar-refractivity contribution in [2.45, 2.75) is 56.5 Å². The lowest BCUT2D eigenvalue weighted by molar-refractivity contribution is -0.125. The Morgan fingerprint density at radius 2 is 1.97 bits per heavy atom. The number of carbonyl (C=O) groups excluding carboxylic acids is 1. The Balaban J connectivity index is 1.50. The molecule has 0 radical (unpaired) electrons. The highest BCUT2D eigenvalue weighted by atomic mass is 32.2. The van der Waals surface area contributed by atoms with Gasteiger partial charge in [0.05, 0.1) is 12.0 Å². The van der Waals surface area contributed by atoms with Crippen molar-refractivity contribution in [3.8, 4) is 5.75 Å². The summed E-state index contributed by atoms with van der Waals surface area (Å²) in [6.07, 6.45) is 2.40. The average molecular weight is 451 g/mol. The van der Waals surface area contributed by atoms with Crippen LogP contribution in [-0.4, -0.2) is 47.5 Å². The number of anilines is 1. The fourth-order valence-electron chi connectivity index (χ4n) is 4.31. The van der Waals surface area contributed by atoms with Crippen LogP contribution in [-0.2, 0) is 14.8 Å². The average Bonchev–Trinajstić information content (AvgIpc) is 3.16. The summed E-state index contributed by atoms with van der Waals surface area (Å²) in [5, 5.41) is 11.2. The van der Waals surface area contributed by atoms with Gasteiger partial charge in [-0.05, 0) is 70.2 Å². The first-order valence-corrected chi connectivity index (χ1v) is 12.4. The molecule has 2 aliphatic heterocycles. The number of sulfonamides is 1. The molecule has 2 aromatic rings. The summed E-state index contributed by atoms with van der Waals surface area (Å²) in [6, 6.07) is 6.88. The minimum atomic E-state index is -3.75. The zero-order chi connectivity index (χ0) is 21.5. The Labute approximate surface area is 180 Å². The second-order valence-electron chi connectivity index (χ2n) is 8.19. The Morgan fingerprint density at radius 3 is 2.57 bits per heavy atom. The molecular weight excluding hydrogens is 424 g/mol. The van der Waals surface area contributed by atoms with E-state index in [4.69, 9.17) is 4.74 Å². The monoisotopic (exact) mass is 450 g/mol. The lowest BCUT2D eigenvalue weighted by Gasteiger charge is -2.47. The Kier molecular flexibility index (Phi) is 5.82. The van der Waals surface area contributed by atoms with Crippen molar-refractivity contribution in [3.05, 3.63) is 29.3 Å². The number of hydrogen-bond acceptors (Lipinski definition) is 7. The highest BCUT2D eigenvalue weighted by Gasteiger charge is 2.49. The van der Waals surface area contributed by atoms with Crippen LogP contribution in [0.5, 0.6) is 5.75 Å². The zero-order valence-electron chi connectivity index (χ0n) is 17.2. The maximum absolute atomic E-state index is 13.1. The molecule has 10 heteroatoms. The number of ether oxygens (including phenoxy) is 1. The number of carbonyl (C=O) groups is 1. The Bertz CT molecular complexity index is 1020. The second-order valence-corrected chi connectivity index (χ2v) is 11.4. The molecule has 8 nitrogen and oxygen atoms in total. The first-order chi connectivity index (χ1) is 14.2. The van der Waals surface area contributed by atoms with Crippen molar-refractivity contribution in [2.75, 3.05) is 11.9 Å². The summed E-state index contributed by atoms with van der Waals surface area (Å²) < 4.78 is 33.4. The highest BCUT2D eigenvalue weighted by molar-refractivity contribution is 7.91. The van der Waals surface area contributed by atoms with Gasteiger partial charge in [-0.15, -0.1) is 10.2 Å². The number of nitrogens with zero attached hydrogens (tertiary/aromatic N) is 3. The molecule has 1 aromatic carbocycles. The topological polar surface area (TPSA) is 101 Å². The van der Waals surface area contributed by atoms with Crippen LogP contribution in [0.2, 0.25) is 0 Å². The molecule has 162 valence electrons. The smallest absolute Gasteiger partial charge is 0.272 e. The molecule has 5 rings (SSSR count). The molecule has 30 heavy (non-hydrogen) atoms. The van der Waals surface area contributed by atoms with Gasteiger partial charge in [0.15, 0.2) is 0 Å². The van der Waals surface area contributed by atoms with E-state index in [1.54, 1.807) is 19.1 Å². The summed E-state index contributed by atoms with van der Waals surface area (Å²) >= 11 is 1.07. The minimum Gasteiger partial charge on any atom is -0.491 e. The van der Waals surface area contributed by atoms with Gasteiger partial charge in [0, 0.05) is 18.3 Å². The molecule has 3 unspecified atom stereocenters. The van der Waals surface area contributed by atoms with E-state index in [0.717, 1.165) is 23.5 Å². The van der Waals surface area contributed by atoms with Crippen molar-refractivity contribution in [1.82, 2.24) is 14.5 Å². The third-order valence-corrected chi connectivity index (χ3v) is 8.67. The van der Waals surface area contributed by atoms with Gasteiger partial charge in [-0.1, -0.05) is 11.3 Å². The van der Waals surface area contributed by atoms with E-state index in [-0.39, 0.29) is 34.2 Å². The normalized spacial score (nSPS) is 24.2. The van der Waals surface area contributed by atoms with Gasteiger partial charge in [-0.25, -0.2) is 8.42 Å². The molecule has 1 aromatic heterocycles. The van der Waals surface area contributed by atoms with Crippen molar-refractivity contribution in [1.29, 1.82) is 0 Å². The van der Waals surface area contributed by atoms with Crippen molar-refractivity contribution in [3.63, 3.8) is 0 Å². The fourth-order valence-corrected chi connectivity index (χ4v) is 7.15. The molecule has 3 aliphatic rings. The SMILES string of the molecule is Cc1nnc(S(=O)(=O)N2CC3CCC2C(C(=O)Nc2ccc(OC(C)C)cc2)C3)s1. The summed E-state index contributed by atoms with van der Waals surface area (Å²) in [5.74, 6) is 0.393. The number of fused-ring (bicyclic) bond motifs is 3. The van der Waals surface area contributed by atoms with Crippen molar-refractivity contribution >= 4 is 33.0 Å². The summed E-state index contributed by atoms with van der Waals surface area (Å²) in [4.78, 5) is 13.0. The van der Waals surface area contributed by atoms with E-state index < -0.39 is 10.0 Å². The number of aryl methyl sites for hydroxylation is 1. The van der Waals surface area contributed by atoms with Crippen LogP contribution in [0, 0.1) is 18.8 Å². The van der Waals surface area contributed by atoms with Crippen LogP contribution in [0.4, 0.5) is 5.69 Å². The second kappa shape index (κ2) is 8.24. The predicted molar refractivity (Wildman–Crippen MR) is 114 cm³/mol. The van der Waals surface area contributed by atoms with Crippen LogP contribution >= 0.6 is 11.3 Å². The molecule has 2 saturated heterocycles. The Morgan fingerprint density at radius 1 is 1.23 bits per heavy atom. The van der Waals surface area contributed by atoms with Crippen LogP contribution < -0.4 is 10.1 Å². The fraction of sp³-hybridized carbons (Fsp3) is 0.550. The summed E-state index contributed by atoms with van der Waals surface area (Å²) in [7, 11) is -3.75. The van der Waals surface area contributed by atoms with E-state index in [2.05, 4.69) is 15.5 Å². The van der Waals surface area contributed by atoms with Gasteiger partial charge in [-0.2, -0.15) is 4.31 Å². The largest absolute Gasteiger partial charge is 0.491 e. The molecule has 1 saturated carbocycles. The van der Waals surface area contributed by atoms with Gasteiger partial charge in [0.1, 0.15) is 10.8 Å². The molecule has 1 amide bonds. The number of amides is 1. The standard InChI is InChI=1S/C20H26N4O4S2/c1-12(2)28-16-7-5-15(6-8-16)21-19(25)17-10-14-4-9-18(17)24(11-14)30(26,27)20-23-22-13(3)29-20/h5-8,12,14,17-18H,4,9-11H2,1-3H3,(H,21,25). The van der Waals surface area contributed by atoms with E-state index in [9.17, 15) is 13.2 Å². The molecular formula is C20H26N4O4S2. The molecule has 1 aliphatic carbocycles. The van der Waals surface area contributed by atoms with Crippen molar-refractivity contribution < 1.29 is 17.9 Å². The van der Waals surface area contributed by atoms with E-state index in [1.165, 1.54) is 4.31 Å². The minimum absolute atomic E-state index is 0.00690. The third-order valence-electron chi connectivity index (χ3n) is 5.60. The number of rotatable bonds is 6. The number of nitrogens with one attached hydrogen (secondary N) is 1. The molecule has 3 fully saturated rings. The first kappa shape index (κ1) is 21.2. The first-order valence-electron chi connectivity index (χ1n) is 10.1. The van der Waals surface area contributed by atoms with Crippen LogP contribution in [0.3, 0.4) is 0 Å². The lowest BCUT2D eigenvalue weighted by Crippen LogP contribution is -2.57. The third kappa shape index (κ3) is 4.21. The molecule has 3 heterocycles. The molecule has 1 N–H and O–H groups in total. The summed E-state index contributed by atoms with van der Waals surface area (Å²) in [6.45, 7) is 6.08. The molecule has 0 spiro atoms. The van der Waals surface area contributed by atoms with Gasteiger partial charge < -0.3 is 10.1 Å². The lowest BCUT2D eigenvalue weighted by atomic mass is 9.73. The van der Waals surface area contributed by atoms with E-state index in [0.29, 0.717) is 30.1 Å². The molecule has 2 bridgehead atoms. The highest BCUT2D eigenvalue weighted by Crippen LogP contribution is 2.42. The van der Waals surface area contributed by atoms with Gasteiger partial charge in [0.25, 0.3) is 10.0 Å². The van der Waals surface area contributed by atoms with Gasteiger partial charge in [-0.3, -0.25) is 4.79 Å². The maximum atomic E-state index is 13.1. The van der Waals surface area contributed by atoms with Gasteiger partial charge >= 0.3 is 0 Å². The maximum Gasteiger partial charge on any atom is 0.272 e. The number of piperidine rings is 2. The van der Waals surface area contributed by atoms with E-state index in [1.807, 2.05) is 26.0 Å². The zero-order valence-corrected chi connectivity index (χ0v) is 18.9. The Hall–Kier alpha value is -2.04. The molecule has 3 atom stereocenters. The summed E-state index contributed by atoms with van der Waals surface area (Å²) in [5.41, 5.74) is 0.673. The van der Waals surface area contributed by atoms with Crippen LogP contribution in [0.25, 0.3) is 0 Å². The number of benzene rings is 1. The number of hydrogen-bond donors (Lipinski definition) is 1. The van der Waals surface area contributed by atoms with Crippen LogP contribution in [0.15, 0.2) is 28.6 Å². The van der Waals surface area contributed by atoms with Crippen molar-refractivity contribution in [2.24, 2.45) is 11.8 Å². The quantitative estimate of drug-likeness (QED) is 0.726. The van der Waals surface area contributed by atoms with E-state index >= 15 is 0 Å². The number of aromatic nitrogens is 2.